The Bertz CT molecular complexity index is 1040. The van der Waals surface area contributed by atoms with Gasteiger partial charge in [-0.15, -0.1) is 21.5 Å². The predicted octanol–water partition coefficient (Wildman–Crippen LogP) is 4.36. The summed E-state index contributed by atoms with van der Waals surface area (Å²) in [5, 5.41) is 12.1. The van der Waals surface area contributed by atoms with E-state index in [0.717, 1.165) is 28.1 Å². The third-order valence-electron chi connectivity index (χ3n) is 4.90. The lowest BCUT2D eigenvalue weighted by Gasteiger charge is -2.12. The normalized spacial score (nSPS) is 14.0. The number of nitrogens with zero attached hydrogens (tertiary/aromatic N) is 5. The number of hydrogen-bond acceptors (Lipinski definition) is 5. The molecule has 0 unspecified atom stereocenters. The van der Waals surface area contributed by atoms with Crippen LogP contribution in [-0.4, -0.2) is 24.1 Å². The molecule has 132 valence electrons. The minimum atomic E-state index is 0.787. The van der Waals surface area contributed by atoms with Gasteiger partial charge in [-0.3, -0.25) is 0 Å². The first-order valence-electron chi connectivity index (χ1n) is 8.84. The van der Waals surface area contributed by atoms with E-state index < -0.39 is 0 Å². The number of aryl methyl sites for hydroxylation is 1. The highest BCUT2D eigenvalue weighted by molar-refractivity contribution is 7.98. The van der Waals surface area contributed by atoms with Crippen LogP contribution in [0.5, 0.6) is 0 Å². The molecule has 7 heteroatoms. The zero-order chi connectivity index (χ0) is 17.5. The summed E-state index contributed by atoms with van der Waals surface area (Å²) in [6, 6.07) is 6.05. The number of rotatable bonds is 4. The maximum Gasteiger partial charge on any atom is 0.191 e. The summed E-state index contributed by atoms with van der Waals surface area (Å²) < 4.78 is 4.17. The van der Waals surface area contributed by atoms with Gasteiger partial charge >= 0.3 is 0 Å². The van der Waals surface area contributed by atoms with E-state index in [2.05, 4.69) is 42.8 Å². The van der Waals surface area contributed by atoms with Crippen molar-refractivity contribution in [1.29, 1.82) is 0 Å². The Morgan fingerprint density at radius 2 is 2.12 bits per heavy atom. The van der Waals surface area contributed by atoms with Gasteiger partial charge in [-0.2, -0.15) is 0 Å². The molecule has 0 bridgehead atoms. The summed E-state index contributed by atoms with van der Waals surface area (Å²) >= 11 is 3.56. The Morgan fingerprint density at radius 3 is 3.04 bits per heavy atom. The van der Waals surface area contributed by atoms with Gasteiger partial charge in [0.1, 0.15) is 5.65 Å². The number of thioether (sulfide) groups is 1. The average Bonchev–Trinajstić information content (AvgIpc) is 3.36. The summed E-state index contributed by atoms with van der Waals surface area (Å²) in [5.74, 6) is 1.77. The van der Waals surface area contributed by atoms with Crippen molar-refractivity contribution in [3.05, 3.63) is 52.1 Å². The number of aromatic nitrogens is 5. The fraction of sp³-hybridized carbons (Fsp3) is 0.316. The van der Waals surface area contributed by atoms with Crippen LogP contribution in [0, 0.1) is 0 Å². The number of pyridine rings is 1. The molecule has 5 rings (SSSR count). The fourth-order valence-electron chi connectivity index (χ4n) is 3.55. The molecule has 0 fully saturated rings. The van der Waals surface area contributed by atoms with Crippen LogP contribution in [0.15, 0.2) is 41.1 Å². The van der Waals surface area contributed by atoms with Gasteiger partial charge in [0.15, 0.2) is 11.0 Å². The molecule has 0 amide bonds. The Balaban J connectivity index is 1.38. The molecule has 1 aliphatic rings. The summed E-state index contributed by atoms with van der Waals surface area (Å²) in [7, 11) is 2.06. The van der Waals surface area contributed by atoms with E-state index in [-0.39, 0.29) is 0 Å². The van der Waals surface area contributed by atoms with E-state index in [0.29, 0.717) is 0 Å². The fourth-order valence-corrected chi connectivity index (χ4v) is 5.47. The zero-order valence-corrected chi connectivity index (χ0v) is 16.2. The Morgan fingerprint density at radius 1 is 1.19 bits per heavy atom. The smallest absolute Gasteiger partial charge is 0.191 e. The van der Waals surface area contributed by atoms with E-state index in [1.54, 1.807) is 11.8 Å². The summed E-state index contributed by atoms with van der Waals surface area (Å²) in [4.78, 5) is 6.19. The molecule has 0 aromatic carbocycles. The topological polar surface area (TPSA) is 48.0 Å². The SMILES string of the molecule is Cn1c(SCc2cn3ccccc3n2)nnc1-c1csc2c1CCCC2. The molecule has 4 heterocycles. The van der Waals surface area contributed by atoms with Gasteiger partial charge in [0.05, 0.1) is 5.69 Å². The van der Waals surface area contributed by atoms with Gasteiger partial charge in [0, 0.05) is 41.0 Å². The standard InChI is InChI=1S/C19H19N5S2/c1-23-18(15-12-25-16-7-3-2-6-14(15)16)21-22-19(23)26-11-13-10-24-9-5-4-8-17(24)20-13/h4-5,8-10,12H,2-3,6-7,11H2,1H3. The van der Waals surface area contributed by atoms with Crippen LogP contribution in [-0.2, 0) is 25.6 Å². The Kier molecular flexibility index (Phi) is 4.05. The highest BCUT2D eigenvalue weighted by Gasteiger charge is 2.21. The largest absolute Gasteiger partial charge is 0.307 e. The first-order valence-corrected chi connectivity index (χ1v) is 10.7. The van der Waals surface area contributed by atoms with E-state index >= 15 is 0 Å². The molecule has 0 spiro atoms. The van der Waals surface area contributed by atoms with Crippen LogP contribution in [0.25, 0.3) is 17.0 Å². The van der Waals surface area contributed by atoms with Crippen LogP contribution in [0.3, 0.4) is 0 Å². The Hall–Kier alpha value is -2.12. The second-order valence-corrected chi connectivity index (χ2v) is 8.52. The minimum Gasteiger partial charge on any atom is -0.307 e. The lowest BCUT2D eigenvalue weighted by molar-refractivity contribution is 0.696. The van der Waals surface area contributed by atoms with Gasteiger partial charge in [-0.25, -0.2) is 4.98 Å². The molecule has 4 aromatic rings. The summed E-state index contributed by atoms with van der Waals surface area (Å²) in [6.07, 6.45) is 9.08. The average molecular weight is 382 g/mol. The minimum absolute atomic E-state index is 0.787. The van der Waals surface area contributed by atoms with Gasteiger partial charge in [0.2, 0.25) is 0 Å². The molecule has 1 aliphatic carbocycles. The first kappa shape index (κ1) is 16.1. The monoisotopic (exact) mass is 381 g/mol. The lowest BCUT2D eigenvalue weighted by Crippen LogP contribution is -2.02. The van der Waals surface area contributed by atoms with E-state index in [1.165, 1.54) is 41.7 Å². The predicted molar refractivity (Wildman–Crippen MR) is 106 cm³/mol. The number of hydrogen-bond donors (Lipinski definition) is 0. The van der Waals surface area contributed by atoms with E-state index in [9.17, 15) is 0 Å². The molecule has 26 heavy (non-hydrogen) atoms. The maximum absolute atomic E-state index is 4.66. The lowest BCUT2D eigenvalue weighted by atomic mass is 9.96. The van der Waals surface area contributed by atoms with E-state index in [1.807, 2.05) is 35.7 Å². The van der Waals surface area contributed by atoms with Crippen LogP contribution in [0.4, 0.5) is 0 Å². The van der Waals surface area contributed by atoms with Crippen LogP contribution in [0.2, 0.25) is 0 Å². The molecule has 0 saturated carbocycles. The van der Waals surface area contributed by atoms with Crippen LogP contribution < -0.4 is 0 Å². The molecule has 0 aliphatic heterocycles. The van der Waals surface area contributed by atoms with Crippen LogP contribution >= 0.6 is 23.1 Å². The Labute approximate surface area is 160 Å². The van der Waals surface area contributed by atoms with Gasteiger partial charge < -0.3 is 8.97 Å². The number of thiophene rings is 1. The first-order chi connectivity index (χ1) is 12.8. The second-order valence-electron chi connectivity index (χ2n) is 6.61. The van der Waals surface area contributed by atoms with Crippen molar-refractivity contribution in [2.75, 3.05) is 0 Å². The molecule has 5 nitrogen and oxygen atoms in total. The van der Waals surface area contributed by atoms with Crippen molar-refractivity contribution in [2.45, 2.75) is 36.6 Å². The molecular weight excluding hydrogens is 362 g/mol. The maximum atomic E-state index is 4.66. The third kappa shape index (κ3) is 2.75. The summed E-state index contributed by atoms with van der Waals surface area (Å²) in [6.45, 7) is 0. The highest BCUT2D eigenvalue weighted by Crippen LogP contribution is 2.36. The molecule has 0 atom stereocenters. The molecule has 4 aromatic heterocycles. The van der Waals surface area contributed by atoms with Crippen molar-refractivity contribution < 1.29 is 0 Å². The van der Waals surface area contributed by atoms with Crippen molar-refractivity contribution >= 4 is 28.7 Å². The number of fused-ring (bicyclic) bond motifs is 2. The highest BCUT2D eigenvalue weighted by atomic mass is 32.2. The van der Waals surface area contributed by atoms with Crippen molar-refractivity contribution in [3.63, 3.8) is 0 Å². The van der Waals surface area contributed by atoms with Crippen molar-refractivity contribution in [1.82, 2.24) is 24.1 Å². The molecule has 0 radical (unpaired) electrons. The number of imidazole rings is 1. The van der Waals surface area contributed by atoms with Crippen molar-refractivity contribution in [3.8, 4) is 11.4 Å². The third-order valence-corrected chi connectivity index (χ3v) is 7.04. The quantitative estimate of drug-likeness (QED) is 0.493. The van der Waals surface area contributed by atoms with Gasteiger partial charge in [-0.1, -0.05) is 17.8 Å². The molecular formula is C19H19N5S2. The second kappa shape index (κ2) is 6.55. The van der Waals surface area contributed by atoms with Gasteiger partial charge in [-0.05, 0) is 43.4 Å². The molecule has 0 saturated heterocycles. The van der Waals surface area contributed by atoms with Crippen LogP contribution in [0.1, 0.15) is 29.0 Å². The van der Waals surface area contributed by atoms with Crippen molar-refractivity contribution in [2.24, 2.45) is 7.05 Å². The van der Waals surface area contributed by atoms with Gasteiger partial charge in [0.25, 0.3) is 0 Å². The molecule has 0 N–H and O–H groups in total. The summed E-state index contributed by atoms with van der Waals surface area (Å²) in [5.41, 5.74) is 4.80. The van der Waals surface area contributed by atoms with E-state index in [4.69, 9.17) is 0 Å². The zero-order valence-electron chi connectivity index (χ0n) is 14.6.